The van der Waals surface area contributed by atoms with Crippen molar-refractivity contribution in [2.24, 2.45) is 0 Å². The molecule has 0 heterocycles. The predicted molar refractivity (Wildman–Crippen MR) is 107 cm³/mol. The van der Waals surface area contributed by atoms with E-state index in [1.54, 1.807) is 24.3 Å². The van der Waals surface area contributed by atoms with Crippen molar-refractivity contribution in [3.63, 3.8) is 0 Å². The molecule has 5 nitrogen and oxygen atoms in total. The second-order valence-electron chi connectivity index (χ2n) is 6.37. The number of amides is 1. The number of aryl methyl sites for hydroxylation is 1. The molecule has 0 bridgehead atoms. The molecule has 0 aliphatic carbocycles. The van der Waals surface area contributed by atoms with E-state index >= 15 is 0 Å². The number of nitrogens with zero attached hydrogens (tertiary/aromatic N) is 1. The summed E-state index contributed by atoms with van der Waals surface area (Å²) in [5, 5.41) is 11.6. The number of rotatable bonds is 7. The zero-order valence-corrected chi connectivity index (χ0v) is 16.1. The van der Waals surface area contributed by atoms with Gasteiger partial charge in [0.1, 0.15) is 6.07 Å². The lowest BCUT2D eigenvalue weighted by Crippen LogP contribution is -2.11. The van der Waals surface area contributed by atoms with Gasteiger partial charge in [-0.3, -0.25) is 4.79 Å². The minimum atomic E-state index is -0.199. The molecule has 0 aromatic heterocycles. The Bertz CT molecular complexity index is 880. The van der Waals surface area contributed by atoms with Crippen LogP contribution in [0.1, 0.15) is 36.5 Å². The van der Waals surface area contributed by atoms with E-state index in [2.05, 4.69) is 19.2 Å². The number of benzene rings is 2. The van der Waals surface area contributed by atoms with E-state index in [1.165, 1.54) is 13.2 Å². The number of methoxy groups -OCH3 is 1. The van der Waals surface area contributed by atoms with Crippen molar-refractivity contribution in [3.05, 3.63) is 59.2 Å². The Balaban J connectivity index is 2.15. The summed E-state index contributed by atoms with van der Waals surface area (Å²) >= 11 is 0. The molecule has 0 aliphatic rings. The number of nitrogens with one attached hydrogen (secondary N) is 1. The van der Waals surface area contributed by atoms with Crippen LogP contribution in [0.4, 0.5) is 5.69 Å². The first-order chi connectivity index (χ1) is 13.0. The number of ether oxygens (including phenoxy) is 2. The first-order valence-electron chi connectivity index (χ1n) is 8.72. The molecule has 5 heteroatoms. The maximum Gasteiger partial charge on any atom is 0.248 e. The molecule has 0 saturated carbocycles. The summed E-state index contributed by atoms with van der Waals surface area (Å²) in [7, 11) is 1.53. The van der Waals surface area contributed by atoms with Crippen molar-refractivity contribution in [2.75, 3.05) is 19.0 Å². The van der Waals surface area contributed by atoms with Gasteiger partial charge in [0.15, 0.2) is 18.1 Å². The number of anilines is 1. The Kier molecular flexibility index (Phi) is 7.01. The number of hydrogen-bond donors (Lipinski definition) is 1. The topological polar surface area (TPSA) is 71.3 Å². The molecule has 0 radical (unpaired) electrons. The molecule has 2 aromatic carbocycles. The number of carbonyl (C=O) groups is 1. The molecular formula is C22H24N2O3. The van der Waals surface area contributed by atoms with Crippen LogP contribution in [0.3, 0.4) is 0 Å². The predicted octanol–water partition coefficient (Wildman–Crippen LogP) is 4.68. The fourth-order valence-corrected chi connectivity index (χ4v) is 2.70. The highest BCUT2D eigenvalue weighted by Crippen LogP contribution is 2.29. The van der Waals surface area contributed by atoms with Gasteiger partial charge >= 0.3 is 0 Å². The van der Waals surface area contributed by atoms with Gasteiger partial charge in [0.05, 0.1) is 7.11 Å². The lowest BCUT2D eigenvalue weighted by Gasteiger charge is -2.15. The summed E-state index contributed by atoms with van der Waals surface area (Å²) in [6, 6.07) is 13.2. The fraction of sp³-hybridized carbons (Fsp3) is 0.273. The van der Waals surface area contributed by atoms with Crippen molar-refractivity contribution in [3.8, 4) is 17.6 Å². The quantitative estimate of drug-likeness (QED) is 0.724. The number of hydrogen-bond acceptors (Lipinski definition) is 4. The zero-order valence-electron chi connectivity index (χ0n) is 16.1. The van der Waals surface area contributed by atoms with Gasteiger partial charge in [-0.05, 0) is 47.7 Å². The molecule has 1 N–H and O–H groups in total. The van der Waals surface area contributed by atoms with Crippen molar-refractivity contribution in [1.29, 1.82) is 5.26 Å². The summed E-state index contributed by atoms with van der Waals surface area (Å²) < 4.78 is 10.6. The van der Waals surface area contributed by atoms with Gasteiger partial charge in [-0.15, -0.1) is 0 Å². The third kappa shape index (κ3) is 5.35. The highest BCUT2D eigenvalue weighted by molar-refractivity contribution is 6.02. The van der Waals surface area contributed by atoms with Gasteiger partial charge in [-0.25, -0.2) is 0 Å². The normalized spacial score (nSPS) is 10.7. The molecule has 0 saturated heterocycles. The molecule has 0 aliphatic heterocycles. The molecule has 140 valence electrons. The smallest absolute Gasteiger partial charge is 0.248 e. The standard InChI is InChI=1S/C22H24N2O3/c1-15(2)18-7-5-6-16(3)22(18)24-21(25)11-9-17-8-10-19(27-13-12-23)20(14-17)26-4/h5-11,14-15H,13H2,1-4H3,(H,24,25)/b11-9+. The largest absolute Gasteiger partial charge is 0.493 e. The van der Waals surface area contributed by atoms with Crippen molar-refractivity contribution in [1.82, 2.24) is 0 Å². The Morgan fingerprint density at radius 2 is 2.04 bits per heavy atom. The average Bonchev–Trinajstić information content (AvgIpc) is 2.66. The van der Waals surface area contributed by atoms with Gasteiger partial charge in [-0.1, -0.05) is 38.1 Å². The van der Waals surface area contributed by atoms with Crippen LogP contribution in [0.5, 0.6) is 11.5 Å². The van der Waals surface area contributed by atoms with Gasteiger partial charge in [0.2, 0.25) is 5.91 Å². The van der Waals surface area contributed by atoms with E-state index in [0.717, 1.165) is 22.4 Å². The van der Waals surface area contributed by atoms with Crippen molar-refractivity contribution in [2.45, 2.75) is 26.7 Å². The molecule has 0 fully saturated rings. The zero-order chi connectivity index (χ0) is 19.8. The molecule has 2 rings (SSSR count). The van der Waals surface area contributed by atoms with Gasteiger partial charge in [-0.2, -0.15) is 5.26 Å². The van der Waals surface area contributed by atoms with E-state index in [0.29, 0.717) is 17.4 Å². The Morgan fingerprint density at radius 3 is 2.70 bits per heavy atom. The van der Waals surface area contributed by atoms with E-state index in [1.807, 2.05) is 31.2 Å². The summed E-state index contributed by atoms with van der Waals surface area (Å²) in [6.07, 6.45) is 3.19. The van der Waals surface area contributed by atoms with Crippen LogP contribution in [0.15, 0.2) is 42.5 Å². The maximum atomic E-state index is 12.4. The van der Waals surface area contributed by atoms with Gasteiger partial charge in [0.25, 0.3) is 0 Å². The molecular weight excluding hydrogens is 340 g/mol. The van der Waals surface area contributed by atoms with Crippen molar-refractivity contribution >= 4 is 17.7 Å². The Labute approximate surface area is 160 Å². The molecule has 0 unspecified atom stereocenters. The summed E-state index contributed by atoms with van der Waals surface area (Å²) in [4.78, 5) is 12.4. The van der Waals surface area contributed by atoms with Gasteiger partial charge < -0.3 is 14.8 Å². The highest BCUT2D eigenvalue weighted by Gasteiger charge is 2.11. The first-order valence-corrected chi connectivity index (χ1v) is 8.72. The van der Waals surface area contributed by atoms with E-state index in [4.69, 9.17) is 14.7 Å². The van der Waals surface area contributed by atoms with E-state index in [-0.39, 0.29) is 12.5 Å². The fourth-order valence-electron chi connectivity index (χ4n) is 2.70. The second kappa shape index (κ2) is 9.44. The first kappa shape index (κ1) is 20.1. The molecule has 0 spiro atoms. The molecule has 1 amide bonds. The lowest BCUT2D eigenvalue weighted by molar-refractivity contribution is -0.111. The number of carbonyl (C=O) groups excluding carboxylic acids is 1. The van der Waals surface area contributed by atoms with Crippen molar-refractivity contribution < 1.29 is 14.3 Å². The third-order valence-corrected chi connectivity index (χ3v) is 4.08. The molecule has 2 aromatic rings. The van der Waals surface area contributed by atoms with Crippen LogP contribution in [0, 0.1) is 18.3 Å². The van der Waals surface area contributed by atoms with Crippen LogP contribution in [0.2, 0.25) is 0 Å². The Morgan fingerprint density at radius 1 is 1.26 bits per heavy atom. The minimum absolute atomic E-state index is 0.0530. The van der Waals surface area contributed by atoms with Gasteiger partial charge in [0, 0.05) is 11.8 Å². The summed E-state index contributed by atoms with van der Waals surface area (Å²) in [6.45, 7) is 6.13. The van der Waals surface area contributed by atoms with E-state index < -0.39 is 0 Å². The lowest BCUT2D eigenvalue weighted by atomic mass is 9.98. The Hall–Kier alpha value is -3.26. The highest BCUT2D eigenvalue weighted by atomic mass is 16.5. The number of nitriles is 1. The van der Waals surface area contributed by atoms with Crippen LogP contribution in [-0.2, 0) is 4.79 Å². The second-order valence-corrected chi connectivity index (χ2v) is 6.37. The van der Waals surface area contributed by atoms with Crippen LogP contribution < -0.4 is 14.8 Å². The summed E-state index contributed by atoms with van der Waals surface area (Å²) in [5.41, 5.74) is 3.79. The van der Waals surface area contributed by atoms with Crippen LogP contribution in [-0.4, -0.2) is 19.6 Å². The van der Waals surface area contributed by atoms with Crippen LogP contribution in [0.25, 0.3) is 6.08 Å². The average molecular weight is 364 g/mol. The van der Waals surface area contributed by atoms with Crippen LogP contribution >= 0.6 is 0 Å². The SMILES string of the molecule is COc1cc(/C=C/C(=O)Nc2c(C)cccc2C(C)C)ccc1OCC#N. The maximum absolute atomic E-state index is 12.4. The number of para-hydroxylation sites is 1. The minimum Gasteiger partial charge on any atom is -0.493 e. The molecule has 27 heavy (non-hydrogen) atoms. The van der Waals surface area contributed by atoms with E-state index in [9.17, 15) is 4.79 Å². The molecule has 0 atom stereocenters. The summed E-state index contributed by atoms with van der Waals surface area (Å²) in [5.74, 6) is 1.11. The third-order valence-electron chi connectivity index (χ3n) is 4.08. The monoisotopic (exact) mass is 364 g/mol.